The van der Waals surface area contributed by atoms with Crippen molar-refractivity contribution in [2.75, 3.05) is 89.7 Å². The van der Waals surface area contributed by atoms with Gasteiger partial charge in [-0.2, -0.15) is 0 Å². The number of likely N-dealkylation sites (N-methyl/N-ethyl adjacent to an activating group) is 1. The summed E-state index contributed by atoms with van der Waals surface area (Å²) in [5.74, 6) is -4.37. The lowest BCUT2D eigenvalue weighted by Gasteiger charge is -2.35. The lowest BCUT2D eigenvalue weighted by Crippen LogP contribution is -3.09. The number of hydrogen-bond donors (Lipinski definition) is 3. The molecule has 3 heterocycles. The highest BCUT2D eigenvalue weighted by molar-refractivity contribution is 7.85. The number of carbonyl (C=O) groups is 7. The van der Waals surface area contributed by atoms with E-state index in [0.717, 1.165) is 75.5 Å². The molecule has 2 fully saturated rings. The van der Waals surface area contributed by atoms with Crippen LogP contribution in [0, 0.1) is 0 Å². The summed E-state index contributed by atoms with van der Waals surface area (Å²) in [6, 6.07) is 18.4. The molecule has 6 rings (SSSR count). The minimum absolute atomic E-state index is 0.0180. The number of anilines is 1. The van der Waals surface area contributed by atoms with Gasteiger partial charge in [0.2, 0.25) is 23.1 Å². The fourth-order valence-corrected chi connectivity index (χ4v) is 9.90. The van der Waals surface area contributed by atoms with Crippen molar-refractivity contribution < 1.29 is 60.7 Å². The summed E-state index contributed by atoms with van der Waals surface area (Å²) >= 11 is 0. The van der Waals surface area contributed by atoms with Crippen molar-refractivity contribution in [2.24, 2.45) is 0 Å². The van der Waals surface area contributed by atoms with Gasteiger partial charge < -0.3 is 44.0 Å². The predicted molar refractivity (Wildman–Crippen MR) is 272 cm³/mol. The minimum atomic E-state index is -4.93. The van der Waals surface area contributed by atoms with E-state index in [1.807, 2.05) is 25.2 Å². The SMILES string of the molecule is CCN(CC)c1ccc2c(-c3cccc(C(=O)N4CCN(C(=O)CCC(=O)NC(CS(=O)(=O)[O-])C(=O)NCC[NH+](C)CCCCCC(=O)ON5C(=O)CCC5=O)CC4)c3)c3ccc(=[N+](CC)CC)cc-3oc2c1. The number of rotatable bonds is 24. The number of quaternary nitrogens is 1. The first kappa shape index (κ1) is 55.6. The van der Waals surface area contributed by atoms with Gasteiger partial charge in [0.25, 0.3) is 17.7 Å². The minimum Gasteiger partial charge on any atom is -0.748 e. The van der Waals surface area contributed by atoms with E-state index in [4.69, 9.17) is 9.25 Å². The summed E-state index contributed by atoms with van der Waals surface area (Å²) in [5, 5.41) is 7.37. The molecule has 2 aromatic rings. The highest BCUT2D eigenvalue weighted by atomic mass is 32.2. The first-order chi connectivity index (χ1) is 34.9. The van der Waals surface area contributed by atoms with E-state index in [1.165, 1.54) is 0 Å². The van der Waals surface area contributed by atoms with Crippen LogP contribution in [-0.2, 0) is 43.7 Å². The second-order valence-electron chi connectivity index (χ2n) is 18.4. The molecule has 73 heavy (non-hydrogen) atoms. The number of benzene rings is 3. The molecular formula is C52H69N8O12S+. The monoisotopic (exact) mass is 1030 g/mol. The summed E-state index contributed by atoms with van der Waals surface area (Å²) in [7, 11) is -3.06. The Labute approximate surface area is 426 Å². The van der Waals surface area contributed by atoms with Crippen LogP contribution >= 0.6 is 0 Å². The zero-order chi connectivity index (χ0) is 52.8. The Balaban J connectivity index is 0.989. The van der Waals surface area contributed by atoms with E-state index in [2.05, 4.69) is 84.2 Å². The van der Waals surface area contributed by atoms with Gasteiger partial charge in [0, 0.05) is 111 Å². The molecule has 0 aromatic heterocycles. The van der Waals surface area contributed by atoms with Gasteiger partial charge in [-0.05, 0) is 82.9 Å². The third-order valence-electron chi connectivity index (χ3n) is 13.4. The first-order valence-corrected chi connectivity index (χ1v) is 26.9. The number of unbranched alkanes of at least 4 members (excludes halogenated alkanes) is 2. The molecule has 0 saturated carbocycles. The predicted octanol–water partition coefficient (Wildman–Crippen LogP) is 1.76. The van der Waals surface area contributed by atoms with E-state index >= 15 is 0 Å². The molecule has 0 spiro atoms. The summed E-state index contributed by atoms with van der Waals surface area (Å²) in [5.41, 5.74) is 5.00. The van der Waals surface area contributed by atoms with Gasteiger partial charge in [-0.3, -0.25) is 28.8 Å². The maximum atomic E-state index is 14.1. The number of carbonyl (C=O) groups excluding carboxylic acids is 7. The molecule has 20 nitrogen and oxygen atoms in total. The van der Waals surface area contributed by atoms with Crippen molar-refractivity contribution in [3.63, 3.8) is 0 Å². The summed E-state index contributed by atoms with van der Waals surface area (Å²) in [6.07, 6.45) is 1.31. The third kappa shape index (κ3) is 14.9. The van der Waals surface area contributed by atoms with Gasteiger partial charge in [-0.15, -0.1) is 5.06 Å². The molecular weight excluding hydrogens is 961 g/mol. The highest BCUT2D eigenvalue weighted by Crippen LogP contribution is 2.41. The third-order valence-corrected chi connectivity index (χ3v) is 14.1. The van der Waals surface area contributed by atoms with Gasteiger partial charge in [-0.25, -0.2) is 17.8 Å². The van der Waals surface area contributed by atoms with E-state index < -0.39 is 51.5 Å². The van der Waals surface area contributed by atoms with Crippen molar-refractivity contribution in [3.8, 4) is 22.5 Å². The van der Waals surface area contributed by atoms with Crippen molar-refractivity contribution >= 4 is 68.2 Å². The normalized spacial score (nSPS) is 14.8. The maximum absolute atomic E-state index is 14.1. The van der Waals surface area contributed by atoms with Crippen LogP contribution in [0.3, 0.4) is 0 Å². The number of imide groups is 1. The molecule has 0 bridgehead atoms. The van der Waals surface area contributed by atoms with Crippen molar-refractivity contribution in [2.45, 2.75) is 85.1 Å². The lowest BCUT2D eigenvalue weighted by atomic mass is 9.92. The Morgan fingerprint density at radius 2 is 1.53 bits per heavy atom. The number of nitrogens with zero attached hydrogens (tertiary/aromatic N) is 5. The molecule has 394 valence electrons. The molecule has 2 saturated heterocycles. The van der Waals surface area contributed by atoms with E-state index in [1.54, 1.807) is 15.9 Å². The molecule has 1 aliphatic carbocycles. The summed E-state index contributed by atoms with van der Waals surface area (Å²) < 4.78 is 44.0. The molecule has 2 unspecified atom stereocenters. The summed E-state index contributed by atoms with van der Waals surface area (Å²) in [6.45, 7) is 14.0. The number of piperazine rings is 1. The lowest BCUT2D eigenvalue weighted by molar-refractivity contribution is -0.878. The molecule has 0 radical (unpaired) electrons. The maximum Gasteiger partial charge on any atom is 0.333 e. The van der Waals surface area contributed by atoms with Crippen LogP contribution in [0.2, 0.25) is 0 Å². The van der Waals surface area contributed by atoms with Gasteiger partial charge in [0.05, 0.1) is 48.6 Å². The molecule has 3 N–H and O–H groups in total. The van der Waals surface area contributed by atoms with Crippen LogP contribution < -0.4 is 30.4 Å². The topological polar surface area (TPSA) is 244 Å². The van der Waals surface area contributed by atoms with E-state index in [-0.39, 0.29) is 76.6 Å². The fraction of sp³-hybridized carbons (Fsp3) is 0.500. The van der Waals surface area contributed by atoms with Crippen LogP contribution in [0.5, 0.6) is 0 Å². The number of fused-ring (bicyclic) bond motifs is 2. The number of nitrogens with one attached hydrogen (secondary N) is 3. The number of amides is 6. The standard InChI is InChI=1S/C52H68N8O12S/c1-6-56(7-2)38-17-19-40-43(33-38)71-44-34-39(57(8-3)9-4)18-20-41(44)50(40)36-14-13-15-37(32-36)52(67)59-30-28-58(29-31-59)46(62)22-21-45(61)54-42(35-73(68,69)70)51(66)53-25-27-55(5)26-12-10-11-16-49(65)72-60-47(63)23-24-48(60)64/h13-15,17-20,32-34,42H,6-12,16,21-31,35H2,1-5H3,(H2-,53,54,61,66,68,69,70)/p+1. The van der Waals surface area contributed by atoms with Crippen LogP contribution in [0.4, 0.5) is 5.69 Å². The first-order valence-electron chi connectivity index (χ1n) is 25.3. The average molecular weight is 1030 g/mol. The largest absolute Gasteiger partial charge is 0.748 e. The van der Waals surface area contributed by atoms with Gasteiger partial charge >= 0.3 is 5.97 Å². The molecule has 21 heteroatoms. The van der Waals surface area contributed by atoms with Crippen molar-refractivity contribution in [1.82, 2.24) is 30.1 Å². The smallest absolute Gasteiger partial charge is 0.333 e. The highest BCUT2D eigenvalue weighted by Gasteiger charge is 2.33. The zero-order valence-electron chi connectivity index (χ0n) is 42.5. The molecule has 4 aliphatic rings. The second-order valence-corrected chi connectivity index (χ2v) is 19.8. The van der Waals surface area contributed by atoms with Gasteiger partial charge in [0.1, 0.15) is 30.5 Å². The summed E-state index contributed by atoms with van der Waals surface area (Å²) in [4.78, 5) is 100.0. The molecule has 2 atom stereocenters. The van der Waals surface area contributed by atoms with Crippen molar-refractivity contribution in [3.05, 3.63) is 71.6 Å². The van der Waals surface area contributed by atoms with Gasteiger partial charge in [-0.1, -0.05) is 12.1 Å². The Bertz CT molecular complexity index is 2800. The molecule has 2 aromatic carbocycles. The van der Waals surface area contributed by atoms with E-state index in [9.17, 15) is 46.5 Å². The Kier molecular flexibility index (Phi) is 19.6. The Hall–Kier alpha value is -6.71. The van der Waals surface area contributed by atoms with Crippen molar-refractivity contribution in [1.29, 1.82) is 0 Å². The molecule has 3 aliphatic heterocycles. The zero-order valence-corrected chi connectivity index (χ0v) is 43.4. The quantitative estimate of drug-likeness (QED) is 0.0298. The van der Waals surface area contributed by atoms with Crippen LogP contribution in [-0.4, -0.2) is 160 Å². The number of hydrogen-bond acceptors (Lipinski definition) is 13. The van der Waals surface area contributed by atoms with Crippen LogP contribution in [0.1, 0.15) is 89.4 Å². The average Bonchev–Trinajstić information content (AvgIpc) is 3.69. The number of hydroxylamine groups is 2. The van der Waals surface area contributed by atoms with Crippen LogP contribution in [0.25, 0.3) is 33.4 Å². The molecule has 6 amide bonds. The Morgan fingerprint density at radius 1 is 0.836 bits per heavy atom. The van der Waals surface area contributed by atoms with Gasteiger partial charge in [0.15, 0.2) is 0 Å². The van der Waals surface area contributed by atoms with E-state index in [0.29, 0.717) is 43.0 Å². The second kappa shape index (κ2) is 25.8. The Morgan fingerprint density at radius 3 is 2.21 bits per heavy atom. The van der Waals surface area contributed by atoms with Crippen LogP contribution in [0.15, 0.2) is 65.1 Å². The fourth-order valence-electron chi connectivity index (χ4n) is 9.26.